The van der Waals surface area contributed by atoms with E-state index in [0.29, 0.717) is 0 Å². The highest BCUT2D eigenvalue weighted by Crippen LogP contribution is 2.17. The molecular weight excluding hydrogens is 302 g/mol. The molecular formula is C11H21N3O6S. The van der Waals surface area contributed by atoms with Crippen LogP contribution in [0.3, 0.4) is 0 Å². The zero-order valence-electron chi connectivity index (χ0n) is 12.3. The summed E-state index contributed by atoms with van der Waals surface area (Å²) < 4.78 is -0.103. The van der Waals surface area contributed by atoms with Crippen molar-refractivity contribution in [3.05, 3.63) is 0 Å². The van der Waals surface area contributed by atoms with Gasteiger partial charge < -0.3 is 21.3 Å². The molecule has 1 amide bonds. The standard InChI is InChI=1S/C7H14N2O2S.C4H7NO4/c1-7(2,12-4)5-9-11-6(10)8-3;5-2(4(8)9)1-3(6)7/h5H,1-4H3,(H,8,10);2H,1,5H2,(H,6,7)(H,8,9)/b9-5+;. The van der Waals surface area contributed by atoms with Gasteiger partial charge >= 0.3 is 18.0 Å². The molecule has 0 aromatic heterocycles. The second kappa shape index (κ2) is 10.9. The van der Waals surface area contributed by atoms with E-state index in [1.165, 1.54) is 7.05 Å². The molecule has 0 heterocycles. The maximum absolute atomic E-state index is 10.5. The number of nitrogens with one attached hydrogen (secondary N) is 1. The molecule has 0 fully saturated rings. The van der Waals surface area contributed by atoms with Crippen LogP contribution in [0.5, 0.6) is 0 Å². The van der Waals surface area contributed by atoms with Gasteiger partial charge in [0.2, 0.25) is 0 Å². The Bertz CT molecular complexity index is 386. The summed E-state index contributed by atoms with van der Waals surface area (Å²) in [5.74, 6) is -2.50. The molecule has 21 heavy (non-hydrogen) atoms. The third-order valence-electron chi connectivity index (χ3n) is 1.94. The lowest BCUT2D eigenvalue weighted by atomic mass is 10.2. The lowest BCUT2D eigenvalue weighted by Gasteiger charge is -2.13. The van der Waals surface area contributed by atoms with Crippen LogP contribution in [0.15, 0.2) is 5.16 Å². The normalized spacial score (nSPS) is 12.0. The molecule has 0 saturated heterocycles. The molecule has 1 unspecified atom stereocenters. The van der Waals surface area contributed by atoms with Gasteiger partial charge in [-0.2, -0.15) is 11.8 Å². The van der Waals surface area contributed by atoms with Crippen molar-refractivity contribution in [3.63, 3.8) is 0 Å². The fourth-order valence-corrected chi connectivity index (χ4v) is 0.723. The highest BCUT2D eigenvalue weighted by molar-refractivity contribution is 8.00. The SMILES string of the molecule is CNC(=O)O/N=C/C(C)(C)SC.NC(CC(=O)O)C(=O)O. The van der Waals surface area contributed by atoms with Crippen molar-refractivity contribution in [2.24, 2.45) is 10.9 Å². The number of carboxylic acid groups (broad SMARTS) is 2. The van der Waals surface area contributed by atoms with Gasteiger partial charge in [-0.1, -0.05) is 5.16 Å². The average Bonchev–Trinajstić information content (AvgIpc) is 2.38. The summed E-state index contributed by atoms with van der Waals surface area (Å²) in [6, 6.07) is -1.29. The summed E-state index contributed by atoms with van der Waals surface area (Å²) in [5.41, 5.74) is 4.84. The van der Waals surface area contributed by atoms with Crippen LogP contribution in [-0.4, -0.2) is 58.6 Å². The van der Waals surface area contributed by atoms with Gasteiger partial charge in [-0.3, -0.25) is 14.4 Å². The second-order valence-corrected chi connectivity index (χ2v) is 5.67. The number of carboxylic acids is 2. The Morgan fingerprint density at radius 2 is 1.95 bits per heavy atom. The van der Waals surface area contributed by atoms with E-state index in [1.54, 1.807) is 18.0 Å². The molecule has 0 spiro atoms. The van der Waals surface area contributed by atoms with Crippen LogP contribution in [0.25, 0.3) is 0 Å². The third-order valence-corrected chi connectivity index (χ3v) is 3.10. The molecule has 0 rings (SSSR count). The summed E-state index contributed by atoms with van der Waals surface area (Å²) in [6.45, 7) is 3.96. The first-order valence-electron chi connectivity index (χ1n) is 5.74. The van der Waals surface area contributed by atoms with E-state index in [9.17, 15) is 14.4 Å². The molecule has 0 aliphatic rings. The van der Waals surface area contributed by atoms with E-state index in [1.807, 2.05) is 20.1 Å². The van der Waals surface area contributed by atoms with Crippen LogP contribution in [0.2, 0.25) is 0 Å². The number of nitrogens with two attached hydrogens (primary N) is 1. The summed E-state index contributed by atoms with van der Waals surface area (Å²) in [4.78, 5) is 34.6. The van der Waals surface area contributed by atoms with Crippen LogP contribution in [0, 0.1) is 0 Å². The Kier molecular flexibility index (Phi) is 11.2. The maximum atomic E-state index is 10.5. The lowest BCUT2D eigenvalue weighted by Crippen LogP contribution is -2.32. The molecule has 0 saturated carbocycles. The van der Waals surface area contributed by atoms with Crippen LogP contribution < -0.4 is 11.1 Å². The molecule has 0 radical (unpaired) electrons. The number of carbonyl (C=O) groups is 3. The topological polar surface area (TPSA) is 151 Å². The van der Waals surface area contributed by atoms with Crippen LogP contribution in [-0.2, 0) is 14.4 Å². The molecule has 0 aliphatic heterocycles. The molecule has 1 atom stereocenters. The predicted octanol–water partition coefficient (Wildman–Crippen LogP) is 0.343. The Balaban J connectivity index is 0. The predicted molar refractivity (Wildman–Crippen MR) is 79.5 cm³/mol. The molecule has 0 aromatic rings. The number of aliphatic carboxylic acids is 2. The molecule has 122 valence electrons. The van der Waals surface area contributed by atoms with Crippen LogP contribution in [0.4, 0.5) is 4.79 Å². The quantitative estimate of drug-likeness (QED) is 0.310. The minimum atomic E-state index is -1.29. The van der Waals surface area contributed by atoms with Gasteiger partial charge in [-0.05, 0) is 20.1 Å². The first kappa shape index (κ1) is 21.5. The highest BCUT2D eigenvalue weighted by Gasteiger charge is 2.14. The van der Waals surface area contributed by atoms with Gasteiger partial charge in [0.05, 0.1) is 12.6 Å². The van der Waals surface area contributed by atoms with Crippen molar-refractivity contribution < 1.29 is 29.4 Å². The van der Waals surface area contributed by atoms with E-state index in [-0.39, 0.29) is 4.75 Å². The largest absolute Gasteiger partial charge is 0.481 e. The minimum absolute atomic E-state index is 0.103. The van der Waals surface area contributed by atoms with E-state index in [0.717, 1.165) is 0 Å². The van der Waals surface area contributed by atoms with Crippen molar-refractivity contribution in [1.29, 1.82) is 0 Å². The number of nitrogens with zero attached hydrogens (tertiary/aromatic N) is 1. The van der Waals surface area contributed by atoms with Crippen LogP contribution >= 0.6 is 11.8 Å². The fourth-order valence-electron chi connectivity index (χ4n) is 0.575. The number of carbonyl (C=O) groups excluding carboxylic acids is 1. The minimum Gasteiger partial charge on any atom is -0.481 e. The lowest BCUT2D eigenvalue weighted by molar-refractivity contribution is -0.144. The van der Waals surface area contributed by atoms with Crippen LogP contribution in [0.1, 0.15) is 20.3 Å². The monoisotopic (exact) mass is 323 g/mol. The van der Waals surface area contributed by atoms with Crippen molar-refractivity contribution in [3.8, 4) is 0 Å². The average molecular weight is 323 g/mol. The number of rotatable bonds is 6. The van der Waals surface area contributed by atoms with E-state index < -0.39 is 30.5 Å². The van der Waals surface area contributed by atoms with Crippen molar-refractivity contribution in [2.45, 2.75) is 31.1 Å². The summed E-state index contributed by atoms with van der Waals surface area (Å²) >= 11 is 1.63. The van der Waals surface area contributed by atoms with Crippen molar-refractivity contribution >= 4 is 36.0 Å². The molecule has 10 heteroatoms. The van der Waals surface area contributed by atoms with E-state index in [4.69, 9.17) is 15.9 Å². The molecule has 5 N–H and O–H groups in total. The fraction of sp³-hybridized carbons (Fsp3) is 0.636. The molecule has 0 aromatic carbocycles. The molecule has 0 bridgehead atoms. The first-order chi connectivity index (χ1) is 9.55. The summed E-state index contributed by atoms with van der Waals surface area (Å²) in [5, 5.41) is 21.8. The number of amides is 1. The molecule has 9 nitrogen and oxygen atoms in total. The van der Waals surface area contributed by atoms with Gasteiger partial charge in [0.25, 0.3) is 0 Å². The second-order valence-electron chi connectivity index (χ2n) is 4.21. The summed E-state index contributed by atoms with van der Waals surface area (Å²) in [7, 11) is 1.48. The Hall–Kier alpha value is -1.81. The highest BCUT2D eigenvalue weighted by atomic mass is 32.2. The van der Waals surface area contributed by atoms with Gasteiger partial charge in [0.15, 0.2) is 0 Å². The first-order valence-corrected chi connectivity index (χ1v) is 6.96. The number of thioether (sulfide) groups is 1. The zero-order valence-corrected chi connectivity index (χ0v) is 13.1. The Morgan fingerprint density at radius 1 is 1.43 bits per heavy atom. The van der Waals surface area contributed by atoms with Gasteiger partial charge in [-0.25, -0.2) is 4.79 Å². The van der Waals surface area contributed by atoms with Gasteiger partial charge in [0, 0.05) is 11.8 Å². The Morgan fingerprint density at radius 3 is 2.24 bits per heavy atom. The zero-order chi connectivity index (χ0) is 17.1. The van der Waals surface area contributed by atoms with Crippen molar-refractivity contribution in [1.82, 2.24) is 5.32 Å². The smallest absolute Gasteiger partial charge is 0.433 e. The summed E-state index contributed by atoms with van der Waals surface area (Å²) in [6.07, 6.45) is 2.47. The van der Waals surface area contributed by atoms with Gasteiger partial charge in [-0.15, -0.1) is 0 Å². The molecule has 0 aliphatic carbocycles. The van der Waals surface area contributed by atoms with E-state index in [2.05, 4.69) is 15.3 Å². The van der Waals surface area contributed by atoms with Crippen molar-refractivity contribution in [2.75, 3.05) is 13.3 Å². The van der Waals surface area contributed by atoms with Gasteiger partial charge in [0.1, 0.15) is 6.04 Å². The number of oxime groups is 1. The number of hydrogen-bond acceptors (Lipinski definition) is 7. The van der Waals surface area contributed by atoms with E-state index >= 15 is 0 Å². The Labute approximate surface area is 126 Å². The maximum Gasteiger partial charge on any atom is 0.433 e. The number of hydrogen-bond donors (Lipinski definition) is 4. The third kappa shape index (κ3) is 14.4.